The molecule has 3 aromatic rings. The van der Waals surface area contributed by atoms with Crippen LogP contribution in [-0.2, 0) is 0 Å². The van der Waals surface area contributed by atoms with Gasteiger partial charge in [-0.25, -0.2) is 0 Å². The number of thiophene rings is 1. The summed E-state index contributed by atoms with van der Waals surface area (Å²) in [6.45, 7) is 6.19. The summed E-state index contributed by atoms with van der Waals surface area (Å²) in [5.41, 5.74) is 2.35. The van der Waals surface area contributed by atoms with Crippen LogP contribution in [0.4, 0.5) is 0 Å². The Morgan fingerprint density at radius 1 is 1.27 bits per heavy atom. The van der Waals surface area contributed by atoms with Crippen LogP contribution in [0.3, 0.4) is 0 Å². The van der Waals surface area contributed by atoms with E-state index in [0.717, 1.165) is 16.3 Å². The van der Waals surface area contributed by atoms with Crippen molar-refractivity contribution in [2.45, 2.75) is 33.2 Å². The maximum atomic E-state index is 12.2. The van der Waals surface area contributed by atoms with E-state index in [1.165, 1.54) is 27.9 Å². The predicted molar refractivity (Wildman–Crippen MR) is 93.1 cm³/mol. The highest BCUT2D eigenvalue weighted by molar-refractivity contribution is 7.16. The molecule has 0 spiro atoms. The van der Waals surface area contributed by atoms with Crippen molar-refractivity contribution >= 4 is 28.1 Å². The normalized spacial score (nSPS) is 12.5. The molecule has 2 aromatic heterocycles. The van der Waals surface area contributed by atoms with Crippen LogP contribution >= 0.6 is 11.3 Å². The minimum Gasteiger partial charge on any atom is -0.349 e. The Morgan fingerprint density at radius 3 is 2.82 bits per heavy atom. The van der Waals surface area contributed by atoms with E-state index in [0.29, 0.717) is 0 Å². The number of hydrogen-bond donors (Lipinski definition) is 1. The summed E-state index contributed by atoms with van der Waals surface area (Å²) in [5.74, 6) is 0.0136. The van der Waals surface area contributed by atoms with Crippen molar-refractivity contribution < 1.29 is 4.79 Å². The lowest BCUT2D eigenvalue weighted by Gasteiger charge is -2.09. The van der Waals surface area contributed by atoms with Crippen molar-refractivity contribution in [3.05, 3.63) is 53.0 Å². The molecule has 1 unspecified atom stereocenters. The Balaban J connectivity index is 1.96. The second-order valence-electron chi connectivity index (χ2n) is 5.60. The smallest absolute Gasteiger partial charge is 0.261 e. The van der Waals surface area contributed by atoms with Crippen LogP contribution in [0.1, 0.15) is 35.6 Å². The van der Waals surface area contributed by atoms with Gasteiger partial charge >= 0.3 is 0 Å². The minimum atomic E-state index is 0.0136. The Labute approximate surface area is 134 Å². The third-order valence-electron chi connectivity index (χ3n) is 3.92. The fourth-order valence-corrected chi connectivity index (χ4v) is 3.53. The molecule has 0 radical (unpaired) electrons. The molecule has 0 aliphatic carbocycles. The Morgan fingerprint density at radius 2 is 2.05 bits per heavy atom. The van der Waals surface area contributed by atoms with Gasteiger partial charge in [-0.2, -0.15) is 0 Å². The first-order valence-corrected chi connectivity index (χ1v) is 8.40. The zero-order valence-electron chi connectivity index (χ0n) is 13.1. The fraction of sp³-hybridized carbons (Fsp3) is 0.278. The molecule has 0 saturated heterocycles. The van der Waals surface area contributed by atoms with E-state index in [9.17, 15) is 4.79 Å². The van der Waals surface area contributed by atoms with Gasteiger partial charge in [-0.05, 0) is 44.5 Å². The molecule has 114 valence electrons. The first-order chi connectivity index (χ1) is 10.6. The highest BCUT2D eigenvalue weighted by Crippen LogP contribution is 2.28. The lowest BCUT2D eigenvalue weighted by Crippen LogP contribution is -2.31. The average molecular weight is 312 g/mol. The Hall–Kier alpha value is -2.07. The number of fused-ring (bicyclic) bond motifs is 1. The molecule has 4 heteroatoms. The van der Waals surface area contributed by atoms with Crippen LogP contribution in [0, 0.1) is 6.92 Å². The summed E-state index contributed by atoms with van der Waals surface area (Å²) < 4.78 is 2.21. The van der Waals surface area contributed by atoms with Gasteiger partial charge in [0.25, 0.3) is 5.91 Å². The van der Waals surface area contributed by atoms with Crippen molar-refractivity contribution in [1.29, 1.82) is 0 Å². The molecule has 1 amide bonds. The molecule has 0 fully saturated rings. The fourth-order valence-electron chi connectivity index (χ4n) is 2.55. The molecule has 3 nitrogen and oxygen atoms in total. The third-order valence-corrected chi connectivity index (χ3v) is 4.99. The number of rotatable bonds is 4. The number of hydrogen-bond acceptors (Lipinski definition) is 2. The average Bonchev–Trinajstić information content (AvgIpc) is 3.10. The number of nitrogens with zero attached hydrogens (tertiary/aromatic N) is 1. The van der Waals surface area contributed by atoms with E-state index in [1.54, 1.807) is 0 Å². The zero-order chi connectivity index (χ0) is 15.7. The number of aryl methyl sites for hydroxylation is 1. The van der Waals surface area contributed by atoms with Crippen LogP contribution in [0.5, 0.6) is 0 Å². The van der Waals surface area contributed by atoms with Crippen LogP contribution in [0.15, 0.2) is 42.5 Å². The van der Waals surface area contributed by atoms with Gasteiger partial charge in [0, 0.05) is 17.1 Å². The highest BCUT2D eigenvalue weighted by atomic mass is 32.1. The maximum absolute atomic E-state index is 12.2. The van der Waals surface area contributed by atoms with Gasteiger partial charge in [-0.3, -0.25) is 4.79 Å². The van der Waals surface area contributed by atoms with E-state index in [4.69, 9.17) is 0 Å². The van der Waals surface area contributed by atoms with Crippen molar-refractivity contribution in [2.24, 2.45) is 0 Å². The van der Waals surface area contributed by atoms with E-state index in [2.05, 4.69) is 41.9 Å². The Kier molecular flexibility index (Phi) is 4.03. The number of benzene rings is 1. The van der Waals surface area contributed by atoms with Gasteiger partial charge in [-0.1, -0.05) is 25.1 Å². The Bertz CT molecular complexity index is 815. The maximum Gasteiger partial charge on any atom is 0.261 e. The summed E-state index contributed by atoms with van der Waals surface area (Å²) in [5, 5.41) is 5.32. The molecule has 1 atom stereocenters. The van der Waals surface area contributed by atoms with Crippen molar-refractivity contribution in [2.75, 3.05) is 0 Å². The first kappa shape index (κ1) is 14.9. The minimum absolute atomic E-state index is 0.0136. The number of aromatic nitrogens is 1. The van der Waals surface area contributed by atoms with Gasteiger partial charge < -0.3 is 9.88 Å². The zero-order valence-corrected chi connectivity index (χ0v) is 13.9. The topological polar surface area (TPSA) is 34.0 Å². The molecule has 3 rings (SSSR count). The molecule has 0 saturated carbocycles. The standard InChI is InChI=1S/C18H20N2OS/c1-4-12(2)19-18(21)16-9-10-17(22-16)20-13(3)11-14-7-5-6-8-15(14)20/h5-12H,4H2,1-3H3,(H,19,21). The van der Waals surface area contributed by atoms with Crippen molar-refractivity contribution in [3.8, 4) is 5.00 Å². The van der Waals surface area contributed by atoms with Crippen LogP contribution in [0.2, 0.25) is 0 Å². The van der Waals surface area contributed by atoms with Gasteiger partial charge in [0.05, 0.1) is 10.4 Å². The highest BCUT2D eigenvalue weighted by Gasteiger charge is 2.14. The van der Waals surface area contributed by atoms with E-state index in [-0.39, 0.29) is 11.9 Å². The van der Waals surface area contributed by atoms with Crippen LogP contribution < -0.4 is 5.32 Å². The quantitative estimate of drug-likeness (QED) is 0.754. The summed E-state index contributed by atoms with van der Waals surface area (Å²) in [6.07, 6.45) is 0.936. The first-order valence-electron chi connectivity index (χ1n) is 7.58. The predicted octanol–water partition coefficient (Wildman–Crippen LogP) is 4.53. The summed E-state index contributed by atoms with van der Waals surface area (Å²) in [7, 11) is 0. The second-order valence-corrected chi connectivity index (χ2v) is 6.66. The second kappa shape index (κ2) is 5.97. The monoisotopic (exact) mass is 312 g/mol. The molecule has 1 N–H and O–H groups in total. The van der Waals surface area contributed by atoms with Gasteiger partial charge in [0.1, 0.15) is 5.00 Å². The van der Waals surface area contributed by atoms with Gasteiger partial charge in [0.15, 0.2) is 0 Å². The largest absolute Gasteiger partial charge is 0.349 e. The van der Waals surface area contributed by atoms with E-state index < -0.39 is 0 Å². The SMILES string of the molecule is CCC(C)NC(=O)c1ccc(-n2c(C)cc3ccccc32)s1. The van der Waals surface area contributed by atoms with Crippen LogP contribution in [0.25, 0.3) is 15.9 Å². The molecule has 22 heavy (non-hydrogen) atoms. The lowest BCUT2D eigenvalue weighted by molar-refractivity contribution is 0.0943. The number of amides is 1. The van der Waals surface area contributed by atoms with E-state index in [1.807, 2.05) is 31.2 Å². The molecular formula is C18H20N2OS. The lowest BCUT2D eigenvalue weighted by atomic mass is 10.2. The number of para-hydroxylation sites is 1. The third kappa shape index (κ3) is 2.66. The molecule has 0 aliphatic rings. The van der Waals surface area contributed by atoms with Gasteiger partial charge in [0.2, 0.25) is 0 Å². The van der Waals surface area contributed by atoms with Gasteiger partial charge in [-0.15, -0.1) is 11.3 Å². The molecule has 1 aromatic carbocycles. The molecule has 0 aliphatic heterocycles. The number of carbonyl (C=O) groups excluding carboxylic acids is 1. The van der Waals surface area contributed by atoms with Crippen LogP contribution in [-0.4, -0.2) is 16.5 Å². The number of carbonyl (C=O) groups is 1. The summed E-state index contributed by atoms with van der Waals surface area (Å²) in [6, 6.07) is 14.6. The molecule has 0 bridgehead atoms. The summed E-state index contributed by atoms with van der Waals surface area (Å²) >= 11 is 1.53. The molecule has 2 heterocycles. The summed E-state index contributed by atoms with van der Waals surface area (Å²) in [4.78, 5) is 13.0. The van der Waals surface area contributed by atoms with E-state index >= 15 is 0 Å². The number of nitrogens with one attached hydrogen (secondary N) is 1. The molecular weight excluding hydrogens is 292 g/mol. The van der Waals surface area contributed by atoms with Crippen molar-refractivity contribution in [1.82, 2.24) is 9.88 Å². The van der Waals surface area contributed by atoms with Crippen molar-refractivity contribution in [3.63, 3.8) is 0 Å².